The Labute approximate surface area is 212 Å². The van der Waals surface area contributed by atoms with Crippen molar-refractivity contribution in [3.05, 3.63) is 46.0 Å². The van der Waals surface area contributed by atoms with Crippen molar-refractivity contribution in [3.63, 3.8) is 0 Å². The van der Waals surface area contributed by atoms with E-state index in [1.807, 2.05) is 31.2 Å². The van der Waals surface area contributed by atoms with Crippen LogP contribution in [0.4, 0.5) is 0 Å². The molecule has 0 radical (unpaired) electrons. The highest BCUT2D eigenvalue weighted by Gasteiger charge is 2.34. The Kier molecular flexibility index (Phi) is 7.67. The van der Waals surface area contributed by atoms with E-state index >= 15 is 0 Å². The average molecular weight is 495 g/mol. The molecule has 9 heteroatoms. The van der Waals surface area contributed by atoms with Crippen LogP contribution >= 0.6 is 0 Å². The Morgan fingerprint density at radius 3 is 2.75 bits per heavy atom. The molecule has 0 bridgehead atoms. The number of hydrogen-bond acceptors (Lipinski definition) is 7. The van der Waals surface area contributed by atoms with Gasteiger partial charge < -0.3 is 14.5 Å². The molecular formula is C27H38N6O3. The van der Waals surface area contributed by atoms with Gasteiger partial charge in [-0.25, -0.2) is 4.68 Å². The zero-order chi connectivity index (χ0) is 25.1. The van der Waals surface area contributed by atoms with Gasteiger partial charge in [0.1, 0.15) is 5.75 Å². The van der Waals surface area contributed by atoms with Crippen LogP contribution in [0.3, 0.4) is 0 Å². The molecule has 1 aliphatic carbocycles. The van der Waals surface area contributed by atoms with Crippen molar-refractivity contribution in [1.29, 1.82) is 0 Å². The van der Waals surface area contributed by atoms with E-state index in [1.54, 1.807) is 0 Å². The highest BCUT2D eigenvalue weighted by molar-refractivity contribution is 5.80. The third kappa shape index (κ3) is 5.32. The summed E-state index contributed by atoms with van der Waals surface area (Å²) in [6.07, 6.45) is 6.90. The smallest absolute Gasteiger partial charge is 0.252 e. The first-order valence-electron chi connectivity index (χ1n) is 13.5. The van der Waals surface area contributed by atoms with Crippen LogP contribution in [-0.2, 0) is 11.3 Å². The van der Waals surface area contributed by atoms with Crippen molar-refractivity contribution in [3.8, 4) is 5.75 Å². The summed E-state index contributed by atoms with van der Waals surface area (Å²) in [5, 5.41) is 14.0. The third-order valence-electron chi connectivity index (χ3n) is 7.52. The van der Waals surface area contributed by atoms with Crippen molar-refractivity contribution in [2.45, 2.75) is 84.0 Å². The number of pyridine rings is 1. The van der Waals surface area contributed by atoms with Gasteiger partial charge in [0.2, 0.25) is 0 Å². The number of nitrogens with zero attached hydrogens (tertiary/aromatic N) is 5. The van der Waals surface area contributed by atoms with Crippen LogP contribution in [0.15, 0.2) is 29.1 Å². The molecule has 0 amide bonds. The SMILES string of the molecule is CCOc1ccc2[nH]c(=O)c(CN(C[C@H]3CCCO3)[C@H](c3nnnn3C3CCCC3)C(C)C)cc2c1. The van der Waals surface area contributed by atoms with Crippen molar-refractivity contribution in [1.82, 2.24) is 30.1 Å². The fraction of sp³-hybridized carbons (Fsp3) is 0.630. The first-order chi connectivity index (χ1) is 17.5. The van der Waals surface area contributed by atoms with Gasteiger partial charge in [-0.05, 0) is 73.2 Å². The van der Waals surface area contributed by atoms with Crippen molar-refractivity contribution in [2.24, 2.45) is 5.92 Å². The maximum atomic E-state index is 13.2. The summed E-state index contributed by atoms with van der Waals surface area (Å²) < 4.78 is 13.8. The number of aromatic nitrogens is 5. The Morgan fingerprint density at radius 2 is 2.03 bits per heavy atom. The minimum absolute atomic E-state index is 0.0327. The van der Waals surface area contributed by atoms with Crippen LogP contribution in [0, 0.1) is 5.92 Å². The lowest BCUT2D eigenvalue weighted by Crippen LogP contribution is -2.40. The molecule has 1 saturated heterocycles. The normalized spacial score (nSPS) is 19.6. The number of hydrogen-bond donors (Lipinski definition) is 1. The molecule has 2 aromatic heterocycles. The molecule has 0 spiro atoms. The number of tetrazole rings is 1. The number of ether oxygens (including phenoxy) is 2. The summed E-state index contributed by atoms with van der Waals surface area (Å²) >= 11 is 0. The van der Waals surface area contributed by atoms with Gasteiger partial charge in [0.25, 0.3) is 5.56 Å². The molecule has 1 aliphatic heterocycles. The van der Waals surface area contributed by atoms with Gasteiger partial charge in [0, 0.05) is 36.2 Å². The summed E-state index contributed by atoms with van der Waals surface area (Å²) in [6, 6.07) is 8.10. The minimum Gasteiger partial charge on any atom is -0.494 e. The van der Waals surface area contributed by atoms with Crippen molar-refractivity contribution in [2.75, 3.05) is 19.8 Å². The molecule has 1 aromatic carbocycles. The monoisotopic (exact) mass is 494 g/mol. The molecule has 194 valence electrons. The van der Waals surface area contributed by atoms with Gasteiger partial charge in [-0.1, -0.05) is 26.7 Å². The van der Waals surface area contributed by atoms with E-state index in [4.69, 9.17) is 9.47 Å². The number of benzene rings is 1. The Hall–Kier alpha value is -2.78. The van der Waals surface area contributed by atoms with E-state index in [-0.39, 0.29) is 23.6 Å². The van der Waals surface area contributed by atoms with Gasteiger partial charge in [-0.2, -0.15) is 0 Å². The average Bonchev–Trinajstić information content (AvgIpc) is 3.63. The standard InChI is InChI=1S/C27H38N6O3/c1-4-35-22-11-12-24-19(15-22)14-20(27(34)28-24)16-32(17-23-10-7-13-36-23)25(18(2)3)26-29-30-31-33(26)21-8-5-6-9-21/h11-12,14-15,18,21,23,25H,4-10,13,16-17H2,1-3H3,(H,28,34)/t23-,25+/m1/s1. The largest absolute Gasteiger partial charge is 0.494 e. The number of H-pyrrole nitrogens is 1. The first kappa shape index (κ1) is 24.9. The highest BCUT2D eigenvalue weighted by atomic mass is 16.5. The Bertz CT molecular complexity index is 1210. The molecule has 2 fully saturated rings. The van der Waals surface area contributed by atoms with E-state index in [0.29, 0.717) is 19.2 Å². The molecule has 1 N–H and O–H groups in total. The predicted molar refractivity (Wildman–Crippen MR) is 138 cm³/mol. The topological polar surface area (TPSA) is 98.2 Å². The van der Waals surface area contributed by atoms with Crippen LogP contribution in [0.2, 0.25) is 0 Å². The molecular weight excluding hydrogens is 456 g/mol. The zero-order valence-electron chi connectivity index (χ0n) is 21.7. The van der Waals surface area contributed by atoms with E-state index in [0.717, 1.165) is 66.9 Å². The van der Waals surface area contributed by atoms with Crippen LogP contribution in [0.5, 0.6) is 5.75 Å². The summed E-state index contributed by atoms with van der Waals surface area (Å²) in [4.78, 5) is 18.6. The molecule has 3 heterocycles. The second-order valence-electron chi connectivity index (χ2n) is 10.5. The van der Waals surface area contributed by atoms with E-state index in [2.05, 4.69) is 43.9 Å². The first-order valence-corrected chi connectivity index (χ1v) is 13.5. The number of fused-ring (bicyclic) bond motifs is 1. The Balaban J connectivity index is 1.51. The van der Waals surface area contributed by atoms with E-state index in [1.165, 1.54) is 12.8 Å². The lowest BCUT2D eigenvalue weighted by atomic mass is 9.99. The van der Waals surface area contributed by atoms with Gasteiger partial charge in [-0.15, -0.1) is 5.10 Å². The van der Waals surface area contributed by atoms with Gasteiger partial charge in [0.15, 0.2) is 5.82 Å². The van der Waals surface area contributed by atoms with E-state index in [9.17, 15) is 4.79 Å². The van der Waals surface area contributed by atoms with Crippen LogP contribution in [0.25, 0.3) is 10.9 Å². The van der Waals surface area contributed by atoms with Gasteiger partial charge >= 0.3 is 0 Å². The zero-order valence-corrected chi connectivity index (χ0v) is 21.7. The Morgan fingerprint density at radius 1 is 1.19 bits per heavy atom. The second kappa shape index (κ2) is 11.1. The van der Waals surface area contributed by atoms with Crippen LogP contribution in [0.1, 0.15) is 82.8 Å². The number of nitrogens with one attached hydrogen (secondary N) is 1. The molecule has 5 rings (SSSR count). The summed E-state index contributed by atoms with van der Waals surface area (Å²) in [5.41, 5.74) is 1.46. The van der Waals surface area contributed by atoms with E-state index < -0.39 is 0 Å². The van der Waals surface area contributed by atoms with Crippen molar-refractivity contribution >= 4 is 10.9 Å². The highest BCUT2D eigenvalue weighted by Crippen LogP contribution is 2.35. The molecule has 2 aliphatic rings. The number of rotatable bonds is 10. The quantitative estimate of drug-likeness (QED) is 0.446. The van der Waals surface area contributed by atoms with Crippen LogP contribution < -0.4 is 10.3 Å². The number of aromatic amines is 1. The predicted octanol–water partition coefficient (Wildman–Crippen LogP) is 4.41. The second-order valence-corrected chi connectivity index (χ2v) is 10.5. The van der Waals surface area contributed by atoms with Gasteiger partial charge in [-0.3, -0.25) is 9.69 Å². The minimum atomic E-state index is -0.0677. The molecule has 3 aromatic rings. The maximum absolute atomic E-state index is 13.2. The summed E-state index contributed by atoms with van der Waals surface area (Å²) in [5.74, 6) is 1.95. The summed E-state index contributed by atoms with van der Waals surface area (Å²) in [6.45, 7) is 9.00. The fourth-order valence-electron chi connectivity index (χ4n) is 5.84. The molecule has 2 atom stereocenters. The molecule has 36 heavy (non-hydrogen) atoms. The lowest BCUT2D eigenvalue weighted by Gasteiger charge is -2.35. The molecule has 1 saturated carbocycles. The fourth-order valence-corrected chi connectivity index (χ4v) is 5.84. The molecule has 0 unspecified atom stereocenters. The maximum Gasteiger partial charge on any atom is 0.252 e. The lowest BCUT2D eigenvalue weighted by molar-refractivity contribution is 0.0379. The molecule has 9 nitrogen and oxygen atoms in total. The summed E-state index contributed by atoms with van der Waals surface area (Å²) in [7, 11) is 0. The third-order valence-corrected chi connectivity index (χ3v) is 7.52. The van der Waals surface area contributed by atoms with Gasteiger partial charge in [0.05, 0.1) is 24.8 Å². The van der Waals surface area contributed by atoms with Crippen molar-refractivity contribution < 1.29 is 9.47 Å². The van der Waals surface area contributed by atoms with Crippen LogP contribution in [-0.4, -0.2) is 56.0 Å².